The lowest BCUT2D eigenvalue weighted by molar-refractivity contribution is -0.668. The number of allylic oxidation sites excluding steroid dienone is 1. The van der Waals surface area contributed by atoms with Crippen molar-refractivity contribution in [3.05, 3.63) is 70.3 Å². The minimum Gasteiger partial charge on any atom is -0.748 e. The van der Waals surface area contributed by atoms with Gasteiger partial charge >= 0.3 is 0 Å². The minimum absolute atomic E-state index is 0.188. The second-order valence-corrected chi connectivity index (χ2v) is 13.6. The molecule has 1 aromatic heterocycles. The van der Waals surface area contributed by atoms with Gasteiger partial charge in [-0.15, -0.1) is 0 Å². The van der Waals surface area contributed by atoms with Gasteiger partial charge in [0.05, 0.1) is 26.6 Å². The van der Waals surface area contributed by atoms with E-state index in [1.54, 1.807) is 0 Å². The molecule has 0 atom stereocenters. The SMILES string of the molecule is NOS(=O)(=O)CCCN1/C(=C\C(N)=C/c2sc3ccccc3[n+]2CCCS(=O)(=O)[O-])Sc2ccccc21. The molecule has 0 fully saturated rings. The number of nitrogens with two attached hydrogens (primary N) is 2. The zero-order chi connectivity index (χ0) is 26.6. The number of nitrogens with zero attached hydrogens (tertiary/aromatic N) is 2. The lowest BCUT2D eigenvalue weighted by Gasteiger charge is -2.20. The number of rotatable bonds is 11. The quantitative estimate of drug-likeness (QED) is 0.195. The Kier molecular flexibility index (Phi) is 8.58. The molecule has 4 N–H and O–H groups in total. The van der Waals surface area contributed by atoms with Gasteiger partial charge in [-0.25, -0.2) is 8.42 Å². The van der Waals surface area contributed by atoms with E-state index in [9.17, 15) is 21.4 Å². The van der Waals surface area contributed by atoms with E-state index in [-0.39, 0.29) is 12.2 Å². The van der Waals surface area contributed by atoms with Crippen molar-refractivity contribution in [2.24, 2.45) is 11.6 Å². The number of hydrogen-bond donors (Lipinski definition) is 2. The minimum atomic E-state index is -4.30. The van der Waals surface area contributed by atoms with E-state index in [1.807, 2.05) is 70.1 Å². The molecule has 14 heteroatoms. The van der Waals surface area contributed by atoms with Crippen molar-refractivity contribution in [3.8, 4) is 0 Å². The highest BCUT2D eigenvalue weighted by molar-refractivity contribution is 8.03. The maximum Gasteiger partial charge on any atom is 0.283 e. The van der Waals surface area contributed by atoms with Crippen LogP contribution >= 0.6 is 23.1 Å². The summed E-state index contributed by atoms with van der Waals surface area (Å²) in [5.74, 6) is 4.19. The maximum absolute atomic E-state index is 11.7. The van der Waals surface area contributed by atoms with Crippen LogP contribution in [0.2, 0.25) is 0 Å². The number of thioether (sulfide) groups is 1. The second kappa shape index (κ2) is 11.5. The number of thiazole rings is 1. The van der Waals surface area contributed by atoms with Crippen molar-refractivity contribution in [1.29, 1.82) is 0 Å². The first kappa shape index (κ1) is 27.6. The summed E-state index contributed by atoms with van der Waals surface area (Å²) in [6.45, 7) is 0.767. The van der Waals surface area contributed by atoms with Gasteiger partial charge in [0.2, 0.25) is 5.52 Å². The van der Waals surface area contributed by atoms with Gasteiger partial charge < -0.3 is 15.2 Å². The average molecular weight is 583 g/mol. The Morgan fingerprint density at radius 3 is 2.54 bits per heavy atom. The van der Waals surface area contributed by atoms with Gasteiger partial charge in [0.1, 0.15) is 4.70 Å². The van der Waals surface area contributed by atoms with E-state index in [1.165, 1.54) is 23.1 Å². The van der Waals surface area contributed by atoms with E-state index in [0.717, 1.165) is 30.8 Å². The Morgan fingerprint density at radius 1 is 1.05 bits per heavy atom. The summed E-state index contributed by atoms with van der Waals surface area (Å²) in [5.41, 5.74) is 8.80. The molecule has 0 bridgehead atoms. The van der Waals surface area contributed by atoms with Crippen LogP contribution < -0.4 is 21.1 Å². The Balaban J connectivity index is 1.62. The highest BCUT2D eigenvalue weighted by Gasteiger charge is 2.26. The van der Waals surface area contributed by atoms with Gasteiger partial charge in [0.25, 0.3) is 15.1 Å². The molecule has 37 heavy (non-hydrogen) atoms. The molecular formula is C23H26N4O6S4. The van der Waals surface area contributed by atoms with E-state index >= 15 is 0 Å². The van der Waals surface area contributed by atoms with Crippen molar-refractivity contribution >= 4 is 65.3 Å². The molecule has 2 heterocycles. The number of hydrogen-bond acceptors (Lipinski definition) is 11. The predicted octanol–water partition coefficient (Wildman–Crippen LogP) is 2.49. The second-order valence-electron chi connectivity index (χ2n) is 8.23. The summed E-state index contributed by atoms with van der Waals surface area (Å²) in [7, 11) is -8.08. The average Bonchev–Trinajstić information content (AvgIpc) is 3.36. The van der Waals surface area contributed by atoms with Crippen LogP contribution in [0.4, 0.5) is 5.69 Å². The lowest BCUT2D eigenvalue weighted by atomic mass is 10.2. The third kappa shape index (κ3) is 7.10. The number of anilines is 1. The predicted molar refractivity (Wildman–Crippen MR) is 145 cm³/mol. The van der Waals surface area contributed by atoms with Crippen molar-refractivity contribution in [3.63, 3.8) is 0 Å². The highest BCUT2D eigenvalue weighted by Crippen LogP contribution is 2.46. The fraction of sp³-hybridized carbons (Fsp3) is 0.261. The molecule has 0 radical (unpaired) electrons. The van der Waals surface area contributed by atoms with Crippen LogP contribution in [0.3, 0.4) is 0 Å². The molecule has 0 aliphatic carbocycles. The molecule has 3 aromatic rings. The van der Waals surface area contributed by atoms with Crippen LogP contribution in [-0.2, 0) is 31.1 Å². The van der Waals surface area contributed by atoms with Crippen LogP contribution in [-0.4, -0.2) is 39.4 Å². The van der Waals surface area contributed by atoms with Crippen LogP contribution in [0.15, 0.2) is 70.2 Å². The monoisotopic (exact) mass is 582 g/mol. The standard InChI is InChI=1S/C23H26N4O6S4/c24-17(15-22-26(11-5-13-36(28,29)30)18-7-1-3-9-20(18)34-22)16-23-27(12-6-14-37(31,32)33-25)19-8-2-4-10-21(19)35-23/h1-4,7-10,15-16,24H,5-6,11-14,25H2,(H,28,29,30)/b23-16+. The van der Waals surface area contributed by atoms with Crippen LogP contribution in [0, 0.1) is 0 Å². The maximum atomic E-state index is 11.7. The van der Waals surface area contributed by atoms with Crippen LogP contribution in [0.5, 0.6) is 0 Å². The lowest BCUT2D eigenvalue weighted by Crippen LogP contribution is -2.36. The molecule has 10 nitrogen and oxygen atoms in total. The third-order valence-corrected chi connectivity index (χ3v) is 9.65. The zero-order valence-electron chi connectivity index (χ0n) is 19.6. The largest absolute Gasteiger partial charge is 0.748 e. The Morgan fingerprint density at radius 2 is 1.78 bits per heavy atom. The number of aryl methyl sites for hydroxylation is 1. The molecule has 1 aliphatic rings. The number of benzene rings is 2. The molecule has 198 valence electrons. The molecule has 2 aromatic carbocycles. The van der Waals surface area contributed by atoms with Crippen molar-refractivity contribution in [2.45, 2.75) is 24.3 Å². The van der Waals surface area contributed by atoms with Gasteiger partial charge in [-0.2, -0.15) is 23.2 Å². The molecule has 0 saturated heterocycles. The highest BCUT2D eigenvalue weighted by atomic mass is 32.2. The molecule has 1 aliphatic heterocycles. The normalized spacial score (nSPS) is 15.6. The first-order valence-electron chi connectivity index (χ1n) is 11.3. The Hall–Kier alpha value is -2.46. The third-order valence-electron chi connectivity index (χ3n) is 5.55. The fourth-order valence-corrected chi connectivity index (χ4v) is 7.32. The van der Waals surface area contributed by atoms with E-state index in [4.69, 9.17) is 11.6 Å². The summed E-state index contributed by atoms with van der Waals surface area (Å²) < 4.78 is 63.6. The summed E-state index contributed by atoms with van der Waals surface area (Å²) >= 11 is 3.04. The number of aromatic nitrogens is 1. The Bertz CT molecular complexity index is 1560. The number of fused-ring (bicyclic) bond motifs is 2. The van der Waals surface area contributed by atoms with Gasteiger partial charge in [-0.3, -0.25) is 0 Å². The topological polar surface area (TPSA) is 160 Å². The van der Waals surface area contributed by atoms with Crippen molar-refractivity contribution in [2.75, 3.05) is 23.0 Å². The molecule has 0 amide bonds. The van der Waals surface area contributed by atoms with Gasteiger partial charge in [0, 0.05) is 41.5 Å². The molecule has 4 rings (SSSR count). The van der Waals surface area contributed by atoms with Gasteiger partial charge in [-0.05, 0) is 30.7 Å². The number of para-hydroxylation sites is 2. The summed E-state index contributed by atoms with van der Waals surface area (Å²) in [5, 5.41) is 1.66. The first-order valence-corrected chi connectivity index (χ1v) is 16.0. The van der Waals surface area contributed by atoms with E-state index in [0.29, 0.717) is 25.2 Å². The van der Waals surface area contributed by atoms with Gasteiger partial charge in [0.15, 0.2) is 6.54 Å². The summed E-state index contributed by atoms with van der Waals surface area (Å²) in [4.78, 5) is 3.03. The van der Waals surface area contributed by atoms with Crippen LogP contribution in [0.1, 0.15) is 17.8 Å². The van der Waals surface area contributed by atoms with E-state index in [2.05, 4.69) is 4.28 Å². The molecule has 0 saturated carbocycles. The summed E-state index contributed by atoms with van der Waals surface area (Å²) in [6, 6.07) is 15.5. The fourth-order valence-electron chi connectivity index (χ4n) is 3.96. The Labute approximate surface area is 224 Å². The smallest absolute Gasteiger partial charge is 0.283 e. The molecule has 0 spiro atoms. The first-order chi connectivity index (χ1) is 17.6. The van der Waals surface area contributed by atoms with Crippen LogP contribution in [0.25, 0.3) is 16.3 Å². The van der Waals surface area contributed by atoms with Crippen molar-refractivity contribution in [1.82, 2.24) is 0 Å². The van der Waals surface area contributed by atoms with Crippen molar-refractivity contribution < 1.29 is 30.2 Å². The van der Waals surface area contributed by atoms with Gasteiger partial charge in [-0.1, -0.05) is 47.4 Å². The molecular weight excluding hydrogens is 557 g/mol. The molecule has 0 unspecified atom stereocenters. The summed E-state index contributed by atoms with van der Waals surface area (Å²) in [6.07, 6.45) is 4.13. The zero-order valence-corrected chi connectivity index (χ0v) is 22.9. The van der Waals surface area contributed by atoms with E-state index < -0.39 is 26.0 Å².